The maximum absolute atomic E-state index is 11.9. The first-order chi connectivity index (χ1) is 12.3. The number of ether oxygens (including phenoxy) is 2. The van der Waals surface area contributed by atoms with Gasteiger partial charge in [0.25, 0.3) is 5.91 Å². The molecule has 2 aromatic rings. The van der Waals surface area contributed by atoms with Gasteiger partial charge in [-0.15, -0.1) is 0 Å². The lowest BCUT2D eigenvalue weighted by atomic mass is 10.2. The smallest absolute Gasteiger partial charge is 0.277 e. The van der Waals surface area contributed by atoms with Gasteiger partial charge in [-0.2, -0.15) is 5.10 Å². The molecule has 26 heavy (non-hydrogen) atoms. The second-order valence-corrected chi connectivity index (χ2v) is 8.25. The van der Waals surface area contributed by atoms with Gasteiger partial charge in [-0.3, -0.25) is 4.79 Å². The van der Waals surface area contributed by atoms with Crippen LogP contribution in [0.5, 0.6) is 17.2 Å². The van der Waals surface area contributed by atoms with Gasteiger partial charge in [-0.1, -0.05) is 0 Å². The van der Waals surface area contributed by atoms with Gasteiger partial charge in [0.2, 0.25) is 0 Å². The van der Waals surface area contributed by atoms with Gasteiger partial charge in [-0.05, 0) is 93.5 Å². The number of methoxy groups -OCH3 is 1. The molecule has 138 valence electrons. The first kappa shape index (κ1) is 21.2. The fourth-order valence-corrected chi connectivity index (χ4v) is 4.40. The van der Waals surface area contributed by atoms with Crippen molar-refractivity contribution in [3.63, 3.8) is 0 Å². The number of nitrogens with zero attached hydrogens (tertiary/aromatic N) is 1. The van der Waals surface area contributed by atoms with E-state index in [2.05, 4.69) is 74.2 Å². The standard InChI is InChI=1S/C16H12Br4N2O4/c1-25-9-4-12(19)16(13(20)5-9)26-7-14(23)22-21-6-8-2-10(17)15(24)11(18)3-8/h2-6,24H,7H2,1H3,(H,22,23)/b21-6-. The number of carbonyl (C=O) groups excluding carboxylic acids is 1. The molecule has 0 saturated heterocycles. The van der Waals surface area contributed by atoms with Crippen LogP contribution in [-0.2, 0) is 4.79 Å². The van der Waals surface area contributed by atoms with Crippen LogP contribution in [-0.4, -0.2) is 30.9 Å². The lowest BCUT2D eigenvalue weighted by Gasteiger charge is -2.11. The highest BCUT2D eigenvalue weighted by Crippen LogP contribution is 2.37. The van der Waals surface area contributed by atoms with Crippen molar-refractivity contribution in [2.45, 2.75) is 0 Å². The van der Waals surface area contributed by atoms with Gasteiger partial charge in [0.15, 0.2) is 6.61 Å². The van der Waals surface area contributed by atoms with Gasteiger partial charge in [-0.25, -0.2) is 5.43 Å². The largest absolute Gasteiger partial charge is 0.506 e. The third kappa shape index (κ3) is 5.70. The summed E-state index contributed by atoms with van der Waals surface area (Å²) in [4.78, 5) is 11.9. The Hall–Kier alpha value is -1.10. The number of aromatic hydroxyl groups is 1. The van der Waals surface area contributed by atoms with Gasteiger partial charge < -0.3 is 14.6 Å². The van der Waals surface area contributed by atoms with E-state index >= 15 is 0 Å². The molecule has 0 spiro atoms. The Labute approximate surface area is 183 Å². The Balaban J connectivity index is 1.94. The summed E-state index contributed by atoms with van der Waals surface area (Å²) in [7, 11) is 1.56. The molecule has 0 aromatic heterocycles. The average Bonchev–Trinajstić information content (AvgIpc) is 2.58. The number of hydrazone groups is 1. The molecule has 10 heteroatoms. The van der Waals surface area contributed by atoms with Crippen molar-refractivity contribution < 1.29 is 19.4 Å². The number of carbonyl (C=O) groups is 1. The summed E-state index contributed by atoms with van der Waals surface area (Å²) in [6.45, 7) is -0.218. The summed E-state index contributed by atoms with van der Waals surface area (Å²) in [5.74, 6) is 0.802. The Morgan fingerprint density at radius 2 is 1.69 bits per heavy atom. The van der Waals surface area contributed by atoms with Crippen LogP contribution < -0.4 is 14.9 Å². The number of phenolic OH excluding ortho intramolecular Hbond substituents is 1. The van der Waals surface area contributed by atoms with Crippen molar-refractivity contribution >= 4 is 75.8 Å². The lowest BCUT2D eigenvalue weighted by Crippen LogP contribution is -2.24. The minimum Gasteiger partial charge on any atom is -0.506 e. The van der Waals surface area contributed by atoms with Crippen molar-refractivity contribution in [1.29, 1.82) is 0 Å². The van der Waals surface area contributed by atoms with E-state index in [1.807, 2.05) is 0 Å². The predicted octanol–water partition coefficient (Wildman–Crippen LogP) is 4.98. The zero-order chi connectivity index (χ0) is 19.3. The Morgan fingerprint density at radius 3 is 2.23 bits per heavy atom. The molecule has 0 atom stereocenters. The van der Waals surface area contributed by atoms with Crippen LogP contribution in [0.4, 0.5) is 0 Å². The zero-order valence-corrected chi connectivity index (χ0v) is 19.6. The number of rotatable bonds is 6. The highest BCUT2D eigenvalue weighted by atomic mass is 79.9. The quantitative estimate of drug-likeness (QED) is 0.355. The molecule has 2 N–H and O–H groups in total. The van der Waals surface area contributed by atoms with Crippen LogP contribution in [0.1, 0.15) is 5.56 Å². The van der Waals surface area contributed by atoms with Gasteiger partial charge >= 0.3 is 0 Å². The summed E-state index contributed by atoms with van der Waals surface area (Å²) in [6, 6.07) is 6.79. The Morgan fingerprint density at radius 1 is 1.12 bits per heavy atom. The molecule has 2 rings (SSSR count). The average molecular weight is 616 g/mol. The maximum Gasteiger partial charge on any atom is 0.277 e. The molecule has 0 saturated carbocycles. The highest BCUT2D eigenvalue weighted by Gasteiger charge is 2.11. The van der Waals surface area contributed by atoms with E-state index in [-0.39, 0.29) is 12.4 Å². The van der Waals surface area contributed by atoms with E-state index in [0.717, 1.165) is 0 Å². The van der Waals surface area contributed by atoms with E-state index in [0.29, 0.717) is 35.0 Å². The molecule has 6 nitrogen and oxygen atoms in total. The molecule has 0 aliphatic carbocycles. The van der Waals surface area contributed by atoms with Crippen molar-refractivity contribution in [1.82, 2.24) is 5.43 Å². The summed E-state index contributed by atoms with van der Waals surface area (Å²) in [5.41, 5.74) is 3.06. The Kier molecular flexibility index (Phi) is 7.93. The van der Waals surface area contributed by atoms with Crippen LogP contribution in [0.25, 0.3) is 0 Å². The predicted molar refractivity (Wildman–Crippen MR) is 113 cm³/mol. The topological polar surface area (TPSA) is 80.2 Å². The molecular formula is C16H12Br4N2O4. The first-order valence-electron chi connectivity index (χ1n) is 6.97. The fourth-order valence-electron chi connectivity index (χ4n) is 1.80. The minimum atomic E-state index is -0.423. The van der Waals surface area contributed by atoms with Crippen LogP contribution in [0.15, 0.2) is 47.3 Å². The van der Waals surface area contributed by atoms with E-state index in [1.165, 1.54) is 6.21 Å². The van der Waals surface area contributed by atoms with E-state index in [1.54, 1.807) is 31.4 Å². The summed E-state index contributed by atoms with van der Waals surface area (Å²) in [6.07, 6.45) is 1.45. The van der Waals surface area contributed by atoms with Crippen molar-refractivity contribution in [3.05, 3.63) is 47.7 Å². The maximum atomic E-state index is 11.9. The summed E-state index contributed by atoms with van der Waals surface area (Å²) >= 11 is 13.2. The number of hydrogen-bond donors (Lipinski definition) is 2. The molecule has 0 radical (unpaired) electrons. The monoisotopic (exact) mass is 612 g/mol. The zero-order valence-electron chi connectivity index (χ0n) is 13.2. The second-order valence-electron chi connectivity index (χ2n) is 4.84. The molecule has 0 bridgehead atoms. The molecule has 0 heterocycles. The number of nitrogens with one attached hydrogen (secondary N) is 1. The van der Waals surface area contributed by atoms with Gasteiger partial charge in [0, 0.05) is 0 Å². The molecular weight excluding hydrogens is 604 g/mol. The molecule has 0 fully saturated rings. The van der Waals surface area contributed by atoms with Gasteiger partial charge in [0.05, 0.1) is 31.2 Å². The van der Waals surface area contributed by atoms with Crippen LogP contribution in [0.2, 0.25) is 0 Å². The first-order valence-corrected chi connectivity index (χ1v) is 10.1. The minimum absolute atomic E-state index is 0.0928. The third-order valence-electron chi connectivity index (χ3n) is 3.00. The van der Waals surface area contributed by atoms with E-state index in [4.69, 9.17) is 9.47 Å². The lowest BCUT2D eigenvalue weighted by molar-refractivity contribution is -0.123. The number of hydrogen-bond acceptors (Lipinski definition) is 5. The fraction of sp³-hybridized carbons (Fsp3) is 0.125. The van der Waals surface area contributed by atoms with E-state index in [9.17, 15) is 9.90 Å². The Bertz CT molecular complexity index is 812. The second kappa shape index (κ2) is 9.72. The van der Waals surface area contributed by atoms with Crippen molar-refractivity contribution in [2.24, 2.45) is 5.10 Å². The SMILES string of the molecule is COc1cc(Br)c(OCC(=O)N/N=C\c2cc(Br)c(O)c(Br)c2)c(Br)c1. The molecule has 0 aliphatic rings. The summed E-state index contributed by atoms with van der Waals surface area (Å²) < 4.78 is 13.0. The van der Waals surface area contributed by atoms with Crippen LogP contribution >= 0.6 is 63.7 Å². The van der Waals surface area contributed by atoms with Gasteiger partial charge in [0.1, 0.15) is 17.2 Å². The summed E-state index contributed by atoms with van der Waals surface area (Å²) in [5, 5.41) is 13.5. The number of amides is 1. The van der Waals surface area contributed by atoms with Crippen LogP contribution in [0.3, 0.4) is 0 Å². The number of phenols is 1. The normalized spacial score (nSPS) is 10.8. The van der Waals surface area contributed by atoms with Crippen molar-refractivity contribution in [2.75, 3.05) is 13.7 Å². The molecule has 2 aromatic carbocycles. The van der Waals surface area contributed by atoms with E-state index < -0.39 is 5.91 Å². The molecule has 0 unspecified atom stereocenters. The molecule has 1 amide bonds. The van der Waals surface area contributed by atoms with Crippen molar-refractivity contribution in [3.8, 4) is 17.2 Å². The third-order valence-corrected chi connectivity index (χ3v) is 5.38. The molecule has 0 aliphatic heterocycles. The highest BCUT2D eigenvalue weighted by molar-refractivity contribution is 9.11. The number of halogens is 4. The van der Waals surface area contributed by atoms with Crippen LogP contribution in [0, 0.1) is 0 Å². The number of benzene rings is 2.